The monoisotopic (exact) mass is 267 g/mol. The third-order valence-electron chi connectivity index (χ3n) is 3.39. The van der Waals surface area contributed by atoms with E-state index in [0.717, 1.165) is 26.1 Å². The summed E-state index contributed by atoms with van der Waals surface area (Å²) in [6.45, 7) is 6.17. The summed E-state index contributed by atoms with van der Waals surface area (Å²) in [7, 11) is 0. The average Bonchev–Trinajstić information content (AvgIpc) is 2.84. The van der Waals surface area contributed by atoms with Gasteiger partial charge in [0.05, 0.1) is 10.6 Å². The number of nitrogens with zero attached hydrogens (tertiary/aromatic N) is 2. The molecule has 1 fully saturated rings. The number of aromatic nitrogens is 1. The molecule has 1 unspecified atom stereocenters. The molecular weight excluding hydrogens is 250 g/mol. The van der Waals surface area contributed by atoms with Gasteiger partial charge in [0.15, 0.2) is 0 Å². The molecule has 2 rings (SSSR count). The zero-order chi connectivity index (χ0) is 13.0. The summed E-state index contributed by atoms with van der Waals surface area (Å²) in [4.78, 5) is 18.2. The summed E-state index contributed by atoms with van der Waals surface area (Å²) in [5.74, 6) is 0.437. The Morgan fingerprint density at radius 3 is 3.17 bits per heavy atom. The highest BCUT2D eigenvalue weighted by Crippen LogP contribution is 2.16. The van der Waals surface area contributed by atoms with Crippen molar-refractivity contribution in [3.05, 3.63) is 29.0 Å². The molecule has 1 aromatic rings. The van der Waals surface area contributed by atoms with Crippen molar-refractivity contribution >= 4 is 17.5 Å². The lowest BCUT2D eigenvalue weighted by molar-refractivity contribution is 0.0947. The highest BCUT2D eigenvalue weighted by molar-refractivity contribution is 6.33. The molecule has 0 aliphatic carbocycles. The van der Waals surface area contributed by atoms with Gasteiger partial charge in [-0.2, -0.15) is 0 Å². The number of hydrogen-bond acceptors (Lipinski definition) is 3. The first-order valence-corrected chi connectivity index (χ1v) is 6.68. The van der Waals surface area contributed by atoms with Crippen LogP contribution in [0, 0.1) is 5.92 Å². The molecule has 0 spiro atoms. The number of carbonyl (C=O) groups is 1. The maximum Gasteiger partial charge on any atom is 0.252 e. The van der Waals surface area contributed by atoms with E-state index >= 15 is 0 Å². The van der Waals surface area contributed by atoms with Gasteiger partial charge in [-0.05, 0) is 31.5 Å². The van der Waals surface area contributed by atoms with Gasteiger partial charge in [-0.25, -0.2) is 0 Å². The van der Waals surface area contributed by atoms with Crippen LogP contribution in [0.25, 0.3) is 0 Å². The van der Waals surface area contributed by atoms with Crippen molar-refractivity contribution in [2.45, 2.75) is 13.3 Å². The number of halogens is 1. The van der Waals surface area contributed by atoms with Gasteiger partial charge in [0, 0.05) is 25.5 Å². The minimum absolute atomic E-state index is 0.114. The Hall–Kier alpha value is -1.13. The molecule has 2 heterocycles. The van der Waals surface area contributed by atoms with Crippen LogP contribution in [0.3, 0.4) is 0 Å². The summed E-state index contributed by atoms with van der Waals surface area (Å²) >= 11 is 5.93. The van der Waals surface area contributed by atoms with Gasteiger partial charge in [-0.1, -0.05) is 18.5 Å². The quantitative estimate of drug-likeness (QED) is 0.905. The van der Waals surface area contributed by atoms with E-state index in [1.165, 1.54) is 6.20 Å². The number of carbonyl (C=O) groups excluding carboxylic acids is 1. The van der Waals surface area contributed by atoms with Crippen molar-refractivity contribution in [3.63, 3.8) is 0 Å². The molecule has 0 radical (unpaired) electrons. The van der Waals surface area contributed by atoms with Crippen molar-refractivity contribution < 1.29 is 4.79 Å². The molecule has 98 valence electrons. The number of rotatable bonds is 4. The number of amides is 1. The second-order valence-corrected chi connectivity index (χ2v) is 5.02. The Morgan fingerprint density at radius 1 is 1.67 bits per heavy atom. The molecule has 1 amide bonds. The van der Waals surface area contributed by atoms with Crippen LogP contribution < -0.4 is 5.32 Å². The summed E-state index contributed by atoms with van der Waals surface area (Å²) in [5.41, 5.74) is 0.497. The summed E-state index contributed by atoms with van der Waals surface area (Å²) < 4.78 is 0. The minimum atomic E-state index is -0.114. The fourth-order valence-corrected chi connectivity index (χ4v) is 2.46. The van der Waals surface area contributed by atoms with Gasteiger partial charge in [0.2, 0.25) is 0 Å². The molecular formula is C13H18ClN3O. The zero-order valence-corrected chi connectivity index (χ0v) is 11.3. The van der Waals surface area contributed by atoms with E-state index in [0.29, 0.717) is 23.0 Å². The Balaban J connectivity index is 1.84. The molecule has 0 saturated carbocycles. The Morgan fingerprint density at radius 2 is 2.50 bits per heavy atom. The number of pyridine rings is 1. The molecule has 1 aliphatic rings. The van der Waals surface area contributed by atoms with E-state index < -0.39 is 0 Å². The molecule has 4 nitrogen and oxygen atoms in total. The van der Waals surface area contributed by atoms with E-state index in [4.69, 9.17) is 11.6 Å². The number of nitrogens with one attached hydrogen (secondary N) is 1. The van der Waals surface area contributed by atoms with Crippen LogP contribution in [-0.2, 0) is 0 Å². The van der Waals surface area contributed by atoms with Crippen molar-refractivity contribution in [2.24, 2.45) is 5.92 Å². The van der Waals surface area contributed by atoms with E-state index in [1.54, 1.807) is 12.3 Å². The summed E-state index contributed by atoms with van der Waals surface area (Å²) in [5, 5.41) is 3.35. The van der Waals surface area contributed by atoms with Crippen LogP contribution >= 0.6 is 11.6 Å². The maximum atomic E-state index is 11.9. The highest BCUT2D eigenvalue weighted by atomic mass is 35.5. The van der Waals surface area contributed by atoms with Crippen molar-refractivity contribution in [2.75, 3.05) is 26.2 Å². The van der Waals surface area contributed by atoms with Crippen LogP contribution in [0.5, 0.6) is 0 Å². The lowest BCUT2D eigenvalue weighted by Crippen LogP contribution is -2.31. The van der Waals surface area contributed by atoms with Crippen molar-refractivity contribution in [1.29, 1.82) is 0 Å². The average molecular weight is 268 g/mol. The first-order chi connectivity index (χ1) is 8.70. The van der Waals surface area contributed by atoms with Crippen LogP contribution in [0.1, 0.15) is 23.7 Å². The third-order valence-corrected chi connectivity index (χ3v) is 3.69. The van der Waals surface area contributed by atoms with Gasteiger partial charge in [0.1, 0.15) is 0 Å². The molecule has 18 heavy (non-hydrogen) atoms. The van der Waals surface area contributed by atoms with Gasteiger partial charge in [-0.3, -0.25) is 9.78 Å². The Bertz CT molecular complexity index is 424. The van der Waals surface area contributed by atoms with Crippen LogP contribution in [0.2, 0.25) is 5.02 Å². The minimum Gasteiger partial charge on any atom is -0.352 e. The first-order valence-electron chi connectivity index (χ1n) is 6.30. The standard InChI is InChI=1S/C13H18ClN3O/c1-2-17-6-4-10(9-17)7-16-13(18)11-3-5-15-8-12(11)14/h3,5,8,10H,2,4,6-7,9H2,1H3,(H,16,18). The molecule has 5 heteroatoms. The topological polar surface area (TPSA) is 45.2 Å². The summed E-state index contributed by atoms with van der Waals surface area (Å²) in [6.07, 6.45) is 4.22. The molecule has 1 aliphatic heterocycles. The van der Waals surface area contributed by atoms with Crippen molar-refractivity contribution in [1.82, 2.24) is 15.2 Å². The van der Waals surface area contributed by atoms with Crippen molar-refractivity contribution in [3.8, 4) is 0 Å². The van der Waals surface area contributed by atoms with Gasteiger partial charge < -0.3 is 10.2 Å². The smallest absolute Gasteiger partial charge is 0.252 e. The lowest BCUT2D eigenvalue weighted by atomic mass is 10.1. The fourth-order valence-electron chi connectivity index (χ4n) is 2.26. The fraction of sp³-hybridized carbons (Fsp3) is 0.538. The normalized spacial score (nSPS) is 20.0. The molecule has 1 atom stereocenters. The van der Waals surface area contributed by atoms with E-state index in [1.807, 2.05) is 0 Å². The van der Waals surface area contributed by atoms with Gasteiger partial charge >= 0.3 is 0 Å². The van der Waals surface area contributed by atoms with Crippen LogP contribution in [0.4, 0.5) is 0 Å². The first kappa shape index (κ1) is 13.3. The molecule has 1 aromatic heterocycles. The van der Waals surface area contributed by atoms with E-state index in [9.17, 15) is 4.79 Å². The van der Waals surface area contributed by atoms with Crippen LogP contribution in [-0.4, -0.2) is 42.0 Å². The second-order valence-electron chi connectivity index (χ2n) is 4.61. The van der Waals surface area contributed by atoms with E-state index in [2.05, 4.69) is 22.1 Å². The molecule has 1 N–H and O–H groups in total. The maximum absolute atomic E-state index is 11.9. The van der Waals surface area contributed by atoms with Gasteiger partial charge in [0.25, 0.3) is 5.91 Å². The SMILES string of the molecule is CCN1CCC(CNC(=O)c2ccncc2Cl)C1. The Labute approximate surface area is 112 Å². The molecule has 0 aromatic carbocycles. The number of likely N-dealkylation sites (tertiary alicyclic amines) is 1. The largest absolute Gasteiger partial charge is 0.352 e. The third kappa shape index (κ3) is 3.21. The van der Waals surface area contributed by atoms with E-state index in [-0.39, 0.29) is 5.91 Å². The predicted octanol–water partition coefficient (Wildman–Crippen LogP) is 1.81. The van der Waals surface area contributed by atoms with Crippen LogP contribution in [0.15, 0.2) is 18.5 Å². The Kier molecular flexibility index (Phi) is 4.55. The number of hydrogen-bond donors (Lipinski definition) is 1. The predicted molar refractivity (Wildman–Crippen MR) is 71.8 cm³/mol. The molecule has 1 saturated heterocycles. The molecule has 0 bridgehead atoms. The lowest BCUT2D eigenvalue weighted by Gasteiger charge is -2.14. The second kappa shape index (κ2) is 6.16. The van der Waals surface area contributed by atoms with Gasteiger partial charge in [-0.15, -0.1) is 0 Å². The summed E-state index contributed by atoms with van der Waals surface area (Å²) in [6, 6.07) is 1.64. The zero-order valence-electron chi connectivity index (χ0n) is 10.5. The highest BCUT2D eigenvalue weighted by Gasteiger charge is 2.21.